The van der Waals surface area contributed by atoms with Crippen molar-refractivity contribution in [2.75, 3.05) is 6.54 Å². The molecule has 0 spiro atoms. The second-order valence-corrected chi connectivity index (χ2v) is 8.66. The average molecular weight is 358 g/mol. The highest BCUT2D eigenvalue weighted by Gasteiger charge is 2.34. The maximum atomic E-state index is 13.0. The fraction of sp³-hybridized carbons (Fsp3) is 0.650. The van der Waals surface area contributed by atoms with Crippen molar-refractivity contribution in [2.45, 2.75) is 66.3 Å². The Morgan fingerprint density at radius 2 is 2.04 bits per heavy atom. The molecule has 0 aliphatic carbocycles. The van der Waals surface area contributed by atoms with Crippen LogP contribution in [0.3, 0.4) is 0 Å². The molecule has 1 atom stereocenters. The van der Waals surface area contributed by atoms with Gasteiger partial charge < -0.3 is 9.42 Å². The molecule has 6 heteroatoms. The summed E-state index contributed by atoms with van der Waals surface area (Å²) < 4.78 is 7.40. The van der Waals surface area contributed by atoms with Crippen molar-refractivity contribution in [3.63, 3.8) is 0 Å². The Bertz CT molecular complexity index is 797. The Hall–Kier alpha value is -2.11. The molecular weight excluding hydrogens is 328 g/mol. The van der Waals surface area contributed by atoms with E-state index in [0.717, 1.165) is 54.1 Å². The molecule has 1 aliphatic rings. The third-order valence-electron chi connectivity index (χ3n) is 5.08. The number of likely N-dealkylation sites (tertiary alicyclic amines) is 1. The minimum atomic E-state index is -0.0232. The van der Waals surface area contributed by atoms with Gasteiger partial charge in [0.1, 0.15) is 0 Å². The van der Waals surface area contributed by atoms with Crippen LogP contribution in [0, 0.1) is 19.3 Å². The lowest BCUT2D eigenvalue weighted by Gasteiger charge is -2.36. The van der Waals surface area contributed by atoms with Crippen molar-refractivity contribution in [1.82, 2.24) is 19.8 Å². The maximum absolute atomic E-state index is 13.0. The Kier molecular flexibility index (Phi) is 4.95. The zero-order valence-corrected chi connectivity index (χ0v) is 16.8. The lowest BCUT2D eigenvalue weighted by Crippen LogP contribution is -2.40. The highest BCUT2D eigenvalue weighted by Crippen LogP contribution is 2.38. The molecular formula is C20H30N4O2. The third-order valence-corrected chi connectivity index (χ3v) is 5.08. The van der Waals surface area contributed by atoms with Crippen LogP contribution >= 0.6 is 0 Å². The first kappa shape index (κ1) is 18.7. The Morgan fingerprint density at radius 1 is 1.31 bits per heavy atom. The van der Waals surface area contributed by atoms with Crippen LogP contribution in [0.15, 0.2) is 10.7 Å². The Morgan fingerprint density at radius 3 is 2.65 bits per heavy atom. The van der Waals surface area contributed by atoms with E-state index in [4.69, 9.17) is 9.62 Å². The van der Waals surface area contributed by atoms with E-state index in [1.54, 1.807) is 0 Å². The first-order valence-corrected chi connectivity index (χ1v) is 9.43. The summed E-state index contributed by atoms with van der Waals surface area (Å²) in [5, 5.41) is 8.82. The van der Waals surface area contributed by atoms with Gasteiger partial charge in [0.15, 0.2) is 5.76 Å². The van der Waals surface area contributed by atoms with Gasteiger partial charge in [-0.25, -0.2) is 0 Å². The van der Waals surface area contributed by atoms with E-state index >= 15 is 0 Å². The van der Waals surface area contributed by atoms with Crippen molar-refractivity contribution >= 4 is 5.91 Å². The smallest absolute Gasteiger partial charge is 0.223 e. The van der Waals surface area contributed by atoms with Crippen molar-refractivity contribution in [3.8, 4) is 11.3 Å². The molecule has 2 aromatic heterocycles. The number of carbonyl (C=O) groups excluding carboxylic acids is 1. The molecule has 0 N–H and O–H groups in total. The monoisotopic (exact) mass is 358 g/mol. The zero-order chi connectivity index (χ0) is 19.1. The van der Waals surface area contributed by atoms with Crippen LogP contribution < -0.4 is 0 Å². The van der Waals surface area contributed by atoms with Crippen LogP contribution in [-0.2, 0) is 11.8 Å². The predicted molar refractivity (Wildman–Crippen MR) is 101 cm³/mol. The first-order valence-electron chi connectivity index (χ1n) is 9.43. The highest BCUT2D eigenvalue weighted by atomic mass is 16.5. The minimum absolute atomic E-state index is 0.000365. The van der Waals surface area contributed by atoms with Crippen LogP contribution in [0.2, 0.25) is 0 Å². The second-order valence-electron chi connectivity index (χ2n) is 8.66. The van der Waals surface area contributed by atoms with E-state index in [1.807, 2.05) is 36.7 Å². The summed E-state index contributed by atoms with van der Waals surface area (Å²) in [7, 11) is 1.91. The van der Waals surface area contributed by atoms with Crippen LogP contribution in [0.25, 0.3) is 11.3 Å². The number of amides is 1. The molecule has 0 saturated carbocycles. The molecule has 0 radical (unpaired) electrons. The van der Waals surface area contributed by atoms with E-state index in [1.165, 1.54) is 0 Å². The molecule has 3 heterocycles. The first-order chi connectivity index (χ1) is 12.2. The number of rotatable bonds is 3. The normalized spacial score (nSPS) is 18.4. The topological polar surface area (TPSA) is 64.2 Å². The number of hydrogen-bond acceptors (Lipinski definition) is 4. The van der Waals surface area contributed by atoms with E-state index in [9.17, 15) is 4.79 Å². The SMILES string of the molecule is Cc1noc(-c2cn(C)nc2C2CCCCN2C(=O)CC(C)(C)C)c1C. The Labute approximate surface area is 155 Å². The number of hydrogen-bond donors (Lipinski definition) is 0. The molecule has 0 aromatic carbocycles. The largest absolute Gasteiger partial charge is 0.356 e. The summed E-state index contributed by atoms with van der Waals surface area (Å²) in [5.74, 6) is 0.976. The van der Waals surface area contributed by atoms with Crippen LogP contribution in [0.1, 0.15) is 69.4 Å². The van der Waals surface area contributed by atoms with Gasteiger partial charge in [-0.15, -0.1) is 0 Å². The fourth-order valence-electron chi connectivity index (χ4n) is 3.66. The molecule has 142 valence electrons. The van der Waals surface area contributed by atoms with Gasteiger partial charge in [0.25, 0.3) is 0 Å². The van der Waals surface area contributed by atoms with Gasteiger partial charge in [-0.05, 0) is 38.5 Å². The molecule has 2 aromatic rings. The summed E-state index contributed by atoms with van der Waals surface area (Å²) in [6, 6.07) is -0.000365. The molecule has 26 heavy (non-hydrogen) atoms. The number of aryl methyl sites for hydroxylation is 2. The van der Waals surface area contributed by atoms with Crippen LogP contribution in [0.4, 0.5) is 0 Å². The van der Waals surface area contributed by atoms with Crippen molar-refractivity contribution < 1.29 is 9.32 Å². The van der Waals surface area contributed by atoms with Crippen LogP contribution in [-0.4, -0.2) is 32.3 Å². The summed E-state index contributed by atoms with van der Waals surface area (Å²) in [5.41, 5.74) is 3.77. The van der Waals surface area contributed by atoms with Crippen molar-refractivity contribution in [2.24, 2.45) is 12.5 Å². The minimum Gasteiger partial charge on any atom is -0.356 e. The third kappa shape index (κ3) is 3.69. The number of aromatic nitrogens is 3. The van der Waals surface area contributed by atoms with E-state index in [-0.39, 0.29) is 17.4 Å². The summed E-state index contributed by atoms with van der Waals surface area (Å²) in [6.45, 7) is 11.1. The van der Waals surface area contributed by atoms with Gasteiger partial charge in [-0.1, -0.05) is 25.9 Å². The predicted octanol–water partition coefficient (Wildman–Crippen LogP) is 4.18. The van der Waals surface area contributed by atoms with Gasteiger partial charge in [-0.3, -0.25) is 9.48 Å². The van der Waals surface area contributed by atoms with Gasteiger partial charge in [0.2, 0.25) is 5.91 Å². The van der Waals surface area contributed by atoms with Gasteiger partial charge in [0, 0.05) is 31.8 Å². The van der Waals surface area contributed by atoms with Gasteiger partial charge in [0.05, 0.1) is 23.0 Å². The van der Waals surface area contributed by atoms with Crippen molar-refractivity contribution in [3.05, 3.63) is 23.1 Å². The Balaban J connectivity index is 1.98. The van der Waals surface area contributed by atoms with E-state index in [0.29, 0.717) is 6.42 Å². The van der Waals surface area contributed by atoms with Crippen molar-refractivity contribution in [1.29, 1.82) is 0 Å². The quantitative estimate of drug-likeness (QED) is 0.825. The zero-order valence-electron chi connectivity index (χ0n) is 16.8. The van der Waals surface area contributed by atoms with Gasteiger partial charge in [-0.2, -0.15) is 5.10 Å². The molecule has 1 amide bonds. The lowest BCUT2D eigenvalue weighted by atomic mass is 9.89. The molecule has 6 nitrogen and oxygen atoms in total. The molecule has 0 bridgehead atoms. The average Bonchev–Trinajstić information content (AvgIpc) is 3.09. The van der Waals surface area contributed by atoms with Gasteiger partial charge >= 0.3 is 0 Å². The maximum Gasteiger partial charge on any atom is 0.223 e. The van der Waals surface area contributed by atoms with E-state index in [2.05, 4.69) is 25.9 Å². The highest BCUT2D eigenvalue weighted by molar-refractivity contribution is 5.78. The summed E-state index contributed by atoms with van der Waals surface area (Å²) >= 11 is 0. The number of nitrogens with zero attached hydrogens (tertiary/aromatic N) is 4. The van der Waals surface area contributed by atoms with E-state index < -0.39 is 0 Å². The molecule has 1 aliphatic heterocycles. The number of carbonyl (C=O) groups is 1. The molecule has 1 fully saturated rings. The summed E-state index contributed by atoms with van der Waals surface area (Å²) in [6.07, 6.45) is 5.62. The number of piperidine rings is 1. The lowest BCUT2D eigenvalue weighted by molar-refractivity contribution is -0.137. The molecule has 1 saturated heterocycles. The fourth-order valence-corrected chi connectivity index (χ4v) is 3.66. The molecule has 3 rings (SSSR count). The van der Waals surface area contributed by atoms with Crippen LogP contribution in [0.5, 0.6) is 0 Å². The molecule has 1 unspecified atom stereocenters. The second kappa shape index (κ2) is 6.89. The summed E-state index contributed by atoms with van der Waals surface area (Å²) in [4.78, 5) is 15.0. The standard InChI is InChI=1S/C20H30N4O2/c1-13-14(2)22-26-19(13)15-12-23(6)21-18(15)16-9-7-8-10-24(16)17(25)11-20(3,4)5/h12,16H,7-11H2,1-6H3.